The molecule has 0 bridgehead atoms. The lowest BCUT2D eigenvalue weighted by atomic mass is 9.96. The van der Waals surface area contributed by atoms with Crippen LogP contribution in [0.5, 0.6) is 0 Å². The van der Waals surface area contributed by atoms with Crippen molar-refractivity contribution >= 4 is 60.2 Å². The molecule has 0 saturated heterocycles. The van der Waals surface area contributed by atoms with Gasteiger partial charge in [-0.2, -0.15) is 0 Å². The van der Waals surface area contributed by atoms with Crippen LogP contribution in [0.15, 0.2) is 188 Å². The van der Waals surface area contributed by atoms with E-state index in [9.17, 15) is 0 Å². The van der Waals surface area contributed by atoms with Crippen LogP contribution in [0.2, 0.25) is 0 Å². The van der Waals surface area contributed by atoms with Crippen molar-refractivity contribution in [3.63, 3.8) is 0 Å². The molecule has 0 spiro atoms. The molecule has 0 saturated carbocycles. The fourth-order valence-corrected chi connectivity index (χ4v) is 7.17. The van der Waals surface area contributed by atoms with Crippen molar-refractivity contribution in [3.8, 4) is 22.3 Å². The molecule has 0 atom stereocenters. The van der Waals surface area contributed by atoms with Crippen LogP contribution in [0.4, 0.5) is 17.1 Å². The van der Waals surface area contributed by atoms with Crippen molar-refractivity contribution in [2.24, 2.45) is 0 Å². The molecule has 0 unspecified atom stereocenters. The van der Waals surface area contributed by atoms with Gasteiger partial charge in [-0.15, -0.1) is 0 Å². The molecule has 9 aromatic carbocycles. The molecular formula is C46H31N. The summed E-state index contributed by atoms with van der Waals surface area (Å²) in [6, 6.07) is 68.3. The quantitative estimate of drug-likeness (QED) is 0.178. The largest absolute Gasteiger partial charge is 0.310 e. The van der Waals surface area contributed by atoms with Crippen LogP contribution in [-0.2, 0) is 0 Å². The zero-order valence-electron chi connectivity index (χ0n) is 25.8. The molecule has 47 heavy (non-hydrogen) atoms. The number of anilines is 3. The van der Waals surface area contributed by atoms with Crippen LogP contribution in [0, 0.1) is 0 Å². The second-order valence-corrected chi connectivity index (χ2v) is 12.1. The van der Waals surface area contributed by atoms with Gasteiger partial charge in [0.25, 0.3) is 0 Å². The van der Waals surface area contributed by atoms with Gasteiger partial charge in [0.05, 0.1) is 5.69 Å². The highest BCUT2D eigenvalue weighted by Gasteiger charge is 2.18. The fraction of sp³-hybridized carbons (Fsp3) is 0. The average Bonchev–Trinajstić information content (AvgIpc) is 3.15. The maximum atomic E-state index is 2.41. The zero-order valence-corrected chi connectivity index (χ0v) is 25.8. The summed E-state index contributed by atoms with van der Waals surface area (Å²) in [5.74, 6) is 0. The summed E-state index contributed by atoms with van der Waals surface area (Å²) in [4.78, 5) is 2.41. The van der Waals surface area contributed by atoms with Gasteiger partial charge >= 0.3 is 0 Å². The Morgan fingerprint density at radius 2 is 0.809 bits per heavy atom. The van der Waals surface area contributed by atoms with E-state index in [2.05, 4.69) is 193 Å². The van der Waals surface area contributed by atoms with E-state index < -0.39 is 0 Å². The number of hydrogen-bond donors (Lipinski definition) is 0. The van der Waals surface area contributed by atoms with Crippen molar-refractivity contribution in [1.29, 1.82) is 0 Å². The van der Waals surface area contributed by atoms with Crippen LogP contribution >= 0.6 is 0 Å². The van der Waals surface area contributed by atoms with Gasteiger partial charge in [0.15, 0.2) is 0 Å². The second-order valence-electron chi connectivity index (χ2n) is 12.1. The van der Waals surface area contributed by atoms with Crippen molar-refractivity contribution < 1.29 is 0 Å². The first-order valence-corrected chi connectivity index (χ1v) is 16.2. The molecule has 0 aliphatic heterocycles. The van der Waals surface area contributed by atoms with E-state index in [4.69, 9.17) is 0 Å². The van der Waals surface area contributed by atoms with Gasteiger partial charge in [-0.1, -0.05) is 158 Å². The maximum Gasteiger partial charge on any atom is 0.0540 e. The van der Waals surface area contributed by atoms with Gasteiger partial charge in [0, 0.05) is 16.9 Å². The number of rotatable bonds is 5. The normalized spacial score (nSPS) is 11.4. The summed E-state index contributed by atoms with van der Waals surface area (Å²) < 4.78 is 0. The highest BCUT2D eigenvalue weighted by molar-refractivity contribution is 6.18. The molecule has 0 radical (unpaired) electrons. The molecule has 0 aliphatic rings. The Labute approximate surface area is 274 Å². The van der Waals surface area contributed by atoms with Crippen LogP contribution in [0.1, 0.15) is 0 Å². The third kappa shape index (κ3) is 4.72. The van der Waals surface area contributed by atoms with E-state index in [-0.39, 0.29) is 0 Å². The van der Waals surface area contributed by atoms with E-state index in [1.807, 2.05) is 0 Å². The topological polar surface area (TPSA) is 3.24 Å². The molecule has 1 nitrogen and oxygen atoms in total. The van der Waals surface area contributed by atoms with Crippen LogP contribution < -0.4 is 4.90 Å². The lowest BCUT2D eigenvalue weighted by molar-refractivity contribution is 1.29. The van der Waals surface area contributed by atoms with Gasteiger partial charge in [-0.25, -0.2) is 0 Å². The monoisotopic (exact) mass is 597 g/mol. The highest BCUT2D eigenvalue weighted by Crippen LogP contribution is 2.43. The molecule has 0 aliphatic carbocycles. The Kier molecular flexibility index (Phi) is 6.54. The Morgan fingerprint density at radius 3 is 1.62 bits per heavy atom. The smallest absolute Gasteiger partial charge is 0.0540 e. The molecule has 9 aromatic rings. The molecular weight excluding hydrogens is 567 g/mol. The lowest BCUT2D eigenvalue weighted by Crippen LogP contribution is -2.11. The Balaban J connectivity index is 1.25. The first-order valence-electron chi connectivity index (χ1n) is 16.2. The molecule has 9 rings (SSSR count). The minimum absolute atomic E-state index is 1.11. The summed E-state index contributed by atoms with van der Waals surface area (Å²) in [5.41, 5.74) is 8.21. The molecule has 0 heterocycles. The van der Waals surface area contributed by atoms with Crippen LogP contribution in [0.25, 0.3) is 65.3 Å². The first kappa shape index (κ1) is 27.2. The highest BCUT2D eigenvalue weighted by atomic mass is 15.1. The van der Waals surface area contributed by atoms with Crippen molar-refractivity contribution in [1.82, 2.24) is 0 Å². The molecule has 0 aromatic heterocycles. The van der Waals surface area contributed by atoms with Gasteiger partial charge in [-0.3, -0.25) is 0 Å². The van der Waals surface area contributed by atoms with Gasteiger partial charge in [0.2, 0.25) is 0 Å². The SMILES string of the molecule is c1ccc(-c2ccccc2N(c2ccc(-c3cccc4ccccc34)cc2)c2ccc3ccc4c5ccccc5ccc4c3c2)cc1. The zero-order chi connectivity index (χ0) is 31.2. The summed E-state index contributed by atoms with van der Waals surface area (Å²) in [7, 11) is 0. The third-order valence-electron chi connectivity index (χ3n) is 9.44. The number of nitrogens with zero attached hydrogens (tertiary/aromatic N) is 1. The van der Waals surface area contributed by atoms with Crippen molar-refractivity contribution in [2.75, 3.05) is 4.90 Å². The molecule has 0 amide bonds. The Morgan fingerprint density at radius 1 is 0.277 bits per heavy atom. The first-order chi connectivity index (χ1) is 23.3. The Bertz CT molecular complexity index is 2560. The number of hydrogen-bond acceptors (Lipinski definition) is 1. The fourth-order valence-electron chi connectivity index (χ4n) is 7.17. The number of benzene rings is 9. The predicted octanol–water partition coefficient (Wildman–Crippen LogP) is 13.1. The minimum Gasteiger partial charge on any atom is -0.310 e. The van der Waals surface area contributed by atoms with Crippen molar-refractivity contribution in [3.05, 3.63) is 188 Å². The molecule has 0 fully saturated rings. The molecule has 220 valence electrons. The summed E-state index contributed by atoms with van der Waals surface area (Å²) >= 11 is 0. The van der Waals surface area contributed by atoms with Gasteiger partial charge in [-0.05, 0) is 90.1 Å². The summed E-state index contributed by atoms with van der Waals surface area (Å²) in [5, 5.41) is 10.1. The van der Waals surface area contributed by atoms with Gasteiger partial charge in [0.1, 0.15) is 0 Å². The van der Waals surface area contributed by atoms with E-state index in [0.29, 0.717) is 0 Å². The summed E-state index contributed by atoms with van der Waals surface area (Å²) in [6.07, 6.45) is 0. The predicted molar refractivity (Wildman–Crippen MR) is 202 cm³/mol. The molecule has 1 heteroatoms. The lowest BCUT2D eigenvalue weighted by Gasteiger charge is -2.28. The van der Waals surface area contributed by atoms with Crippen LogP contribution in [0.3, 0.4) is 0 Å². The van der Waals surface area contributed by atoms with E-state index >= 15 is 0 Å². The number of para-hydroxylation sites is 1. The summed E-state index contributed by atoms with van der Waals surface area (Å²) in [6.45, 7) is 0. The van der Waals surface area contributed by atoms with Crippen LogP contribution in [-0.4, -0.2) is 0 Å². The van der Waals surface area contributed by atoms with Gasteiger partial charge < -0.3 is 4.90 Å². The maximum absolute atomic E-state index is 2.41. The standard InChI is InChI=1S/C46H31N/c1-2-11-33(12-3-1)42-18-8-9-20-46(42)47(37-26-21-35(22-27-37)40-19-10-15-32-13-4-6-16-39(32)40)38-28-23-36-25-29-43-41-17-7-5-14-34(41)24-30-44(43)45(36)31-38/h1-31H. The average molecular weight is 598 g/mol. The minimum atomic E-state index is 1.11. The molecule has 0 N–H and O–H groups in total. The number of fused-ring (bicyclic) bond motifs is 6. The second kappa shape index (κ2) is 11.3. The Hall–Kier alpha value is -6.18. The van der Waals surface area contributed by atoms with Crippen molar-refractivity contribution in [2.45, 2.75) is 0 Å². The van der Waals surface area contributed by atoms with E-state index in [1.165, 1.54) is 65.3 Å². The third-order valence-corrected chi connectivity index (χ3v) is 9.44. The van der Waals surface area contributed by atoms with E-state index in [1.54, 1.807) is 0 Å². The van der Waals surface area contributed by atoms with E-state index in [0.717, 1.165) is 17.1 Å².